The van der Waals surface area contributed by atoms with E-state index >= 15 is 0 Å². The summed E-state index contributed by atoms with van der Waals surface area (Å²) < 4.78 is 5.45. The van der Waals surface area contributed by atoms with Crippen LogP contribution in [0.5, 0.6) is 5.75 Å². The first-order valence-electron chi connectivity index (χ1n) is 6.91. The summed E-state index contributed by atoms with van der Waals surface area (Å²) in [7, 11) is 0. The van der Waals surface area contributed by atoms with E-state index in [2.05, 4.69) is 11.4 Å². The van der Waals surface area contributed by atoms with Gasteiger partial charge >= 0.3 is 0 Å². The maximum Gasteiger partial charge on any atom is 0.137 e. The van der Waals surface area contributed by atoms with Crippen LogP contribution in [0.1, 0.15) is 31.7 Å². The molecule has 0 spiro atoms. The van der Waals surface area contributed by atoms with Crippen molar-refractivity contribution >= 4 is 11.6 Å². The van der Waals surface area contributed by atoms with Crippen molar-refractivity contribution in [3.8, 4) is 5.75 Å². The highest BCUT2D eigenvalue weighted by Crippen LogP contribution is 2.27. The van der Waals surface area contributed by atoms with Crippen LogP contribution in [0.2, 0.25) is 5.02 Å². The summed E-state index contributed by atoms with van der Waals surface area (Å²) in [5.41, 5.74) is 1.32. The lowest BCUT2D eigenvalue weighted by atomic mass is 9.91. The molecule has 0 unspecified atom stereocenters. The molecule has 0 aliphatic carbocycles. The molecule has 0 saturated carbocycles. The smallest absolute Gasteiger partial charge is 0.137 e. The molecule has 0 aromatic heterocycles. The minimum absolute atomic E-state index is 0.661. The maximum absolute atomic E-state index is 6.19. The van der Waals surface area contributed by atoms with Crippen LogP contribution in [0.3, 0.4) is 0 Å². The van der Waals surface area contributed by atoms with Gasteiger partial charge in [0.2, 0.25) is 0 Å². The average Bonchev–Trinajstić information content (AvgIpc) is 2.41. The van der Waals surface area contributed by atoms with Gasteiger partial charge in [-0.1, -0.05) is 17.7 Å². The van der Waals surface area contributed by atoms with Crippen molar-refractivity contribution in [1.29, 1.82) is 0 Å². The summed E-state index contributed by atoms with van der Waals surface area (Å²) in [6.45, 7) is 4.99. The standard InChI is InChI=1S/C15H22ClNO/c1-2-18-15-6-5-13(11-14(15)16)4-3-12-7-9-17-10-8-12/h5-6,11-12,17H,2-4,7-10H2,1H3. The van der Waals surface area contributed by atoms with Gasteiger partial charge in [0.25, 0.3) is 0 Å². The molecule has 2 nitrogen and oxygen atoms in total. The van der Waals surface area contributed by atoms with Crippen molar-refractivity contribution in [3.63, 3.8) is 0 Å². The number of nitrogens with one attached hydrogen (secondary N) is 1. The first kappa shape index (κ1) is 13.7. The summed E-state index contributed by atoms with van der Waals surface area (Å²) >= 11 is 6.19. The van der Waals surface area contributed by atoms with E-state index in [1.807, 2.05) is 19.1 Å². The number of halogens is 1. The van der Waals surface area contributed by atoms with E-state index in [1.54, 1.807) is 0 Å². The Morgan fingerprint density at radius 1 is 1.33 bits per heavy atom. The SMILES string of the molecule is CCOc1ccc(CCC2CCNCC2)cc1Cl. The zero-order valence-corrected chi connectivity index (χ0v) is 11.8. The summed E-state index contributed by atoms with van der Waals surface area (Å²) in [6, 6.07) is 6.18. The van der Waals surface area contributed by atoms with Crippen molar-refractivity contribution in [3.05, 3.63) is 28.8 Å². The number of hydrogen-bond acceptors (Lipinski definition) is 2. The Bertz CT molecular complexity index is 375. The Labute approximate surface area is 115 Å². The molecule has 0 bridgehead atoms. The number of aryl methyl sites for hydroxylation is 1. The van der Waals surface area contributed by atoms with E-state index in [9.17, 15) is 0 Å². The minimum Gasteiger partial charge on any atom is -0.492 e. The maximum atomic E-state index is 6.19. The number of rotatable bonds is 5. The van der Waals surface area contributed by atoms with Gasteiger partial charge in [0.05, 0.1) is 11.6 Å². The quantitative estimate of drug-likeness (QED) is 0.879. The third-order valence-electron chi connectivity index (χ3n) is 3.60. The van der Waals surface area contributed by atoms with E-state index in [0.717, 1.165) is 23.1 Å². The molecule has 0 radical (unpaired) electrons. The van der Waals surface area contributed by atoms with Crippen LogP contribution in [0.25, 0.3) is 0 Å². The van der Waals surface area contributed by atoms with Crippen LogP contribution in [-0.2, 0) is 6.42 Å². The zero-order chi connectivity index (χ0) is 12.8. The molecule has 3 heteroatoms. The summed E-state index contributed by atoms with van der Waals surface area (Å²) in [5.74, 6) is 1.67. The predicted molar refractivity (Wildman–Crippen MR) is 76.5 cm³/mol. The fourth-order valence-corrected chi connectivity index (χ4v) is 2.77. The molecule has 1 aliphatic rings. The monoisotopic (exact) mass is 267 g/mol. The van der Waals surface area contributed by atoms with E-state index in [4.69, 9.17) is 16.3 Å². The Morgan fingerprint density at radius 2 is 2.11 bits per heavy atom. The lowest BCUT2D eigenvalue weighted by Gasteiger charge is -2.22. The summed E-state index contributed by atoms with van der Waals surface area (Å²) in [6.07, 6.45) is 5.01. The highest BCUT2D eigenvalue weighted by Gasteiger charge is 2.13. The second-order valence-electron chi connectivity index (χ2n) is 4.93. The molecule has 1 N–H and O–H groups in total. The molecule has 2 rings (SSSR count). The van der Waals surface area contributed by atoms with Crippen molar-refractivity contribution < 1.29 is 4.74 Å². The molecule has 1 aliphatic heterocycles. The van der Waals surface area contributed by atoms with Crippen LogP contribution in [0.4, 0.5) is 0 Å². The average molecular weight is 268 g/mol. The van der Waals surface area contributed by atoms with Gasteiger partial charge in [0.1, 0.15) is 5.75 Å². The molecule has 1 heterocycles. The fourth-order valence-electron chi connectivity index (χ4n) is 2.51. The summed E-state index contributed by atoms with van der Waals surface area (Å²) in [4.78, 5) is 0. The normalized spacial score (nSPS) is 16.8. The van der Waals surface area contributed by atoms with Gasteiger partial charge in [-0.3, -0.25) is 0 Å². The zero-order valence-electron chi connectivity index (χ0n) is 11.0. The molecular weight excluding hydrogens is 246 g/mol. The molecule has 1 fully saturated rings. The van der Waals surface area contributed by atoms with Gasteiger partial charge in [-0.25, -0.2) is 0 Å². The van der Waals surface area contributed by atoms with Crippen molar-refractivity contribution in [2.75, 3.05) is 19.7 Å². The van der Waals surface area contributed by atoms with Crippen LogP contribution in [0.15, 0.2) is 18.2 Å². The lowest BCUT2D eigenvalue weighted by molar-refractivity contribution is 0.340. The van der Waals surface area contributed by atoms with Crippen LogP contribution in [-0.4, -0.2) is 19.7 Å². The highest BCUT2D eigenvalue weighted by atomic mass is 35.5. The molecule has 18 heavy (non-hydrogen) atoms. The van der Waals surface area contributed by atoms with E-state index < -0.39 is 0 Å². The van der Waals surface area contributed by atoms with Gasteiger partial charge in [-0.2, -0.15) is 0 Å². The van der Waals surface area contributed by atoms with Gasteiger partial charge < -0.3 is 10.1 Å². The fraction of sp³-hybridized carbons (Fsp3) is 0.600. The number of hydrogen-bond donors (Lipinski definition) is 1. The van der Waals surface area contributed by atoms with E-state index in [1.165, 1.54) is 37.9 Å². The first-order chi connectivity index (χ1) is 8.79. The number of benzene rings is 1. The van der Waals surface area contributed by atoms with Crippen LogP contribution < -0.4 is 10.1 Å². The third kappa shape index (κ3) is 3.89. The van der Waals surface area contributed by atoms with Gasteiger partial charge in [-0.05, 0) is 69.3 Å². The molecule has 100 valence electrons. The van der Waals surface area contributed by atoms with Crippen molar-refractivity contribution in [2.45, 2.75) is 32.6 Å². The van der Waals surface area contributed by atoms with Gasteiger partial charge in [0, 0.05) is 0 Å². The van der Waals surface area contributed by atoms with E-state index in [0.29, 0.717) is 6.61 Å². The molecule has 1 saturated heterocycles. The second-order valence-corrected chi connectivity index (χ2v) is 5.34. The highest BCUT2D eigenvalue weighted by molar-refractivity contribution is 6.32. The van der Waals surface area contributed by atoms with Crippen LogP contribution >= 0.6 is 11.6 Å². The summed E-state index contributed by atoms with van der Waals surface area (Å²) in [5, 5.41) is 4.14. The van der Waals surface area contributed by atoms with Crippen LogP contribution in [0, 0.1) is 5.92 Å². The van der Waals surface area contributed by atoms with Crippen molar-refractivity contribution in [1.82, 2.24) is 5.32 Å². The van der Waals surface area contributed by atoms with Crippen molar-refractivity contribution in [2.24, 2.45) is 5.92 Å². The Morgan fingerprint density at radius 3 is 2.78 bits per heavy atom. The number of piperidine rings is 1. The lowest BCUT2D eigenvalue weighted by Crippen LogP contribution is -2.27. The molecule has 1 aromatic carbocycles. The van der Waals surface area contributed by atoms with Gasteiger partial charge in [-0.15, -0.1) is 0 Å². The van der Waals surface area contributed by atoms with E-state index in [-0.39, 0.29) is 0 Å². The predicted octanol–water partition coefficient (Wildman–Crippen LogP) is 3.67. The molecule has 1 aromatic rings. The topological polar surface area (TPSA) is 21.3 Å². The van der Waals surface area contributed by atoms with Gasteiger partial charge in [0.15, 0.2) is 0 Å². The Kier molecular flexibility index (Phi) is 5.33. The molecule has 0 atom stereocenters. The largest absolute Gasteiger partial charge is 0.492 e. The molecular formula is C15H22ClNO. The second kappa shape index (κ2) is 7.01. The third-order valence-corrected chi connectivity index (χ3v) is 3.89. The Balaban J connectivity index is 1.87. The number of ether oxygens (including phenoxy) is 1. The first-order valence-corrected chi connectivity index (χ1v) is 7.29. The Hall–Kier alpha value is -0.730. The minimum atomic E-state index is 0.661. The molecule has 0 amide bonds.